The Labute approximate surface area is 83.0 Å². The van der Waals surface area contributed by atoms with Crippen LogP contribution >= 0.6 is 0 Å². The van der Waals surface area contributed by atoms with Gasteiger partial charge in [0, 0.05) is 6.04 Å². The van der Waals surface area contributed by atoms with Crippen molar-refractivity contribution in [2.24, 2.45) is 0 Å². The Hall–Kier alpha value is -0.0800. The molecule has 0 atom stereocenters. The molecule has 0 aromatic rings. The van der Waals surface area contributed by atoms with Gasteiger partial charge in [0.1, 0.15) is 0 Å². The van der Waals surface area contributed by atoms with E-state index in [2.05, 4.69) is 40.1 Å². The summed E-state index contributed by atoms with van der Waals surface area (Å²) in [5.74, 6) is 0. The quantitative estimate of drug-likeness (QED) is 0.644. The molecule has 0 radical (unpaired) electrons. The number of hydroxylamine groups is 1. The molecule has 0 heterocycles. The second kappa shape index (κ2) is 6.39. The summed E-state index contributed by atoms with van der Waals surface area (Å²) in [6.45, 7) is 10.6. The molecule has 1 N–H and O–H groups in total. The molecule has 0 spiro atoms. The Morgan fingerprint density at radius 1 is 1.08 bits per heavy atom. The normalized spacial score (nSPS) is 12.5. The second-order valence-corrected chi connectivity index (χ2v) is 4.61. The first kappa shape index (κ1) is 12.9. The van der Waals surface area contributed by atoms with E-state index in [9.17, 15) is 0 Å². The van der Waals surface area contributed by atoms with Gasteiger partial charge in [-0.15, -0.1) is 0 Å². The highest BCUT2D eigenvalue weighted by Gasteiger charge is 2.13. The van der Waals surface area contributed by atoms with Crippen LogP contribution in [0, 0.1) is 0 Å². The van der Waals surface area contributed by atoms with Crippen molar-refractivity contribution in [3.8, 4) is 0 Å². The van der Waals surface area contributed by atoms with Crippen LogP contribution in [0.5, 0.6) is 0 Å². The maximum atomic E-state index is 5.55. The fraction of sp³-hybridized carbons (Fsp3) is 1.00. The lowest BCUT2D eigenvalue weighted by Crippen LogP contribution is -2.36. The van der Waals surface area contributed by atoms with Crippen LogP contribution in [0.1, 0.15) is 60.3 Å². The molecule has 0 aliphatic heterocycles. The van der Waals surface area contributed by atoms with E-state index in [1.807, 2.05) is 0 Å². The molecule has 0 fully saturated rings. The van der Waals surface area contributed by atoms with Crippen LogP contribution in [0.3, 0.4) is 0 Å². The number of hydrogen-bond acceptors (Lipinski definition) is 2. The largest absolute Gasteiger partial charge is 0.296 e. The molecule has 0 unspecified atom stereocenters. The lowest BCUT2D eigenvalue weighted by atomic mass is 10.1. The summed E-state index contributed by atoms with van der Waals surface area (Å²) in [4.78, 5) is 5.55. The first-order valence-corrected chi connectivity index (χ1v) is 5.43. The highest BCUT2D eigenvalue weighted by atomic mass is 16.7. The molecule has 0 aromatic carbocycles. The van der Waals surface area contributed by atoms with Crippen molar-refractivity contribution in [1.29, 1.82) is 0 Å². The minimum absolute atomic E-state index is 0.0836. The molecule has 2 nitrogen and oxygen atoms in total. The van der Waals surface area contributed by atoms with Crippen LogP contribution < -0.4 is 5.48 Å². The molecule has 0 saturated carbocycles. The van der Waals surface area contributed by atoms with Crippen molar-refractivity contribution in [2.75, 3.05) is 0 Å². The SMILES string of the molecule is CCCC(CCC)NOC(C)(C)C. The zero-order chi connectivity index (χ0) is 10.3. The molecular formula is C11H25NO. The standard InChI is InChI=1S/C11H25NO/c1-6-8-10(9-7-2)12-13-11(3,4)5/h10,12H,6-9H2,1-5H3. The van der Waals surface area contributed by atoms with Crippen LogP contribution in [-0.2, 0) is 4.84 Å². The van der Waals surface area contributed by atoms with Gasteiger partial charge in [0.05, 0.1) is 5.60 Å². The average molecular weight is 187 g/mol. The molecule has 0 aromatic heterocycles. The lowest BCUT2D eigenvalue weighted by molar-refractivity contribution is -0.0904. The smallest absolute Gasteiger partial charge is 0.0813 e. The summed E-state index contributed by atoms with van der Waals surface area (Å²) < 4.78 is 0. The van der Waals surface area contributed by atoms with Crippen molar-refractivity contribution in [3.63, 3.8) is 0 Å². The molecule has 2 heteroatoms. The van der Waals surface area contributed by atoms with Gasteiger partial charge < -0.3 is 0 Å². The van der Waals surface area contributed by atoms with Crippen molar-refractivity contribution < 1.29 is 4.84 Å². The van der Waals surface area contributed by atoms with Crippen molar-refractivity contribution in [2.45, 2.75) is 71.9 Å². The van der Waals surface area contributed by atoms with E-state index < -0.39 is 0 Å². The van der Waals surface area contributed by atoms with Crippen molar-refractivity contribution in [1.82, 2.24) is 5.48 Å². The highest BCUT2D eigenvalue weighted by molar-refractivity contribution is 4.63. The summed E-state index contributed by atoms with van der Waals surface area (Å²) in [5, 5.41) is 0. The van der Waals surface area contributed by atoms with Gasteiger partial charge in [-0.1, -0.05) is 26.7 Å². The van der Waals surface area contributed by atoms with Gasteiger partial charge in [0.25, 0.3) is 0 Å². The molecule has 0 aliphatic rings. The summed E-state index contributed by atoms with van der Waals surface area (Å²) >= 11 is 0. The van der Waals surface area contributed by atoms with Gasteiger partial charge >= 0.3 is 0 Å². The van der Waals surface area contributed by atoms with E-state index in [1.54, 1.807) is 0 Å². The zero-order valence-electron chi connectivity index (χ0n) is 9.81. The van der Waals surface area contributed by atoms with E-state index in [1.165, 1.54) is 25.7 Å². The molecule has 0 saturated heterocycles. The fourth-order valence-electron chi connectivity index (χ4n) is 1.22. The Bertz CT molecular complexity index is 112. The van der Waals surface area contributed by atoms with Crippen LogP contribution in [0.25, 0.3) is 0 Å². The zero-order valence-corrected chi connectivity index (χ0v) is 9.81. The summed E-state index contributed by atoms with van der Waals surface area (Å²) in [6.07, 6.45) is 4.82. The Kier molecular flexibility index (Phi) is 6.35. The maximum Gasteiger partial charge on any atom is 0.0813 e. The third kappa shape index (κ3) is 8.26. The molecule has 0 bridgehead atoms. The molecule has 80 valence electrons. The van der Waals surface area contributed by atoms with Crippen LogP contribution in [-0.4, -0.2) is 11.6 Å². The van der Waals surface area contributed by atoms with E-state index in [-0.39, 0.29) is 5.60 Å². The average Bonchev–Trinajstić information content (AvgIpc) is 2.00. The summed E-state index contributed by atoms with van der Waals surface area (Å²) in [5.41, 5.74) is 3.08. The molecule has 0 aliphatic carbocycles. The third-order valence-corrected chi connectivity index (χ3v) is 1.81. The van der Waals surface area contributed by atoms with E-state index >= 15 is 0 Å². The topological polar surface area (TPSA) is 21.3 Å². The van der Waals surface area contributed by atoms with Crippen LogP contribution in [0.2, 0.25) is 0 Å². The Morgan fingerprint density at radius 3 is 1.85 bits per heavy atom. The first-order chi connectivity index (χ1) is 5.99. The van der Waals surface area contributed by atoms with Crippen molar-refractivity contribution in [3.05, 3.63) is 0 Å². The number of hydrogen-bond donors (Lipinski definition) is 1. The number of nitrogens with one attached hydrogen (secondary N) is 1. The lowest BCUT2D eigenvalue weighted by Gasteiger charge is -2.24. The predicted octanol–water partition coefficient (Wildman–Crippen LogP) is 3.27. The van der Waals surface area contributed by atoms with E-state index in [0.29, 0.717) is 6.04 Å². The minimum atomic E-state index is -0.0836. The van der Waals surface area contributed by atoms with Crippen LogP contribution in [0.15, 0.2) is 0 Å². The summed E-state index contributed by atoms with van der Waals surface area (Å²) in [7, 11) is 0. The summed E-state index contributed by atoms with van der Waals surface area (Å²) in [6, 6.07) is 0.522. The Morgan fingerprint density at radius 2 is 1.54 bits per heavy atom. The molecule has 13 heavy (non-hydrogen) atoms. The predicted molar refractivity (Wildman–Crippen MR) is 57.6 cm³/mol. The third-order valence-electron chi connectivity index (χ3n) is 1.81. The van der Waals surface area contributed by atoms with Gasteiger partial charge in [0.15, 0.2) is 0 Å². The van der Waals surface area contributed by atoms with Crippen LogP contribution in [0.4, 0.5) is 0 Å². The molecular weight excluding hydrogens is 162 g/mol. The van der Waals surface area contributed by atoms with Gasteiger partial charge in [-0.05, 0) is 33.6 Å². The first-order valence-electron chi connectivity index (χ1n) is 5.43. The van der Waals surface area contributed by atoms with Gasteiger partial charge in [-0.3, -0.25) is 4.84 Å². The maximum absolute atomic E-state index is 5.55. The highest BCUT2D eigenvalue weighted by Crippen LogP contribution is 2.09. The van der Waals surface area contributed by atoms with Crippen molar-refractivity contribution >= 4 is 0 Å². The van der Waals surface area contributed by atoms with E-state index in [0.717, 1.165) is 0 Å². The monoisotopic (exact) mass is 187 g/mol. The number of rotatable bonds is 6. The Balaban J connectivity index is 3.68. The van der Waals surface area contributed by atoms with Gasteiger partial charge in [-0.25, -0.2) is 0 Å². The van der Waals surface area contributed by atoms with Gasteiger partial charge in [-0.2, -0.15) is 5.48 Å². The fourth-order valence-corrected chi connectivity index (χ4v) is 1.22. The minimum Gasteiger partial charge on any atom is -0.296 e. The van der Waals surface area contributed by atoms with E-state index in [4.69, 9.17) is 4.84 Å². The molecule has 0 amide bonds. The molecule has 0 rings (SSSR count). The van der Waals surface area contributed by atoms with Gasteiger partial charge in [0.2, 0.25) is 0 Å². The second-order valence-electron chi connectivity index (χ2n) is 4.61.